The summed E-state index contributed by atoms with van der Waals surface area (Å²) < 4.78 is 40.4. The van der Waals surface area contributed by atoms with Crippen molar-refractivity contribution >= 4 is 17.6 Å². The fraction of sp³-hybridized carbons (Fsp3) is 0.333. The average Bonchev–Trinajstić information content (AvgIpc) is 2.36. The van der Waals surface area contributed by atoms with Crippen LogP contribution in [0.1, 0.15) is 6.92 Å². The first-order valence-electron chi connectivity index (χ1n) is 5.48. The molecule has 0 aromatic heterocycles. The largest absolute Gasteiger partial charge is 0.491 e. The Hall–Kier alpha value is -2.09. The van der Waals surface area contributed by atoms with Crippen LogP contribution >= 0.6 is 0 Å². The molecule has 0 aliphatic heterocycles. The molecule has 1 aromatic rings. The van der Waals surface area contributed by atoms with Crippen molar-refractivity contribution in [3.8, 4) is 0 Å². The van der Waals surface area contributed by atoms with Crippen LogP contribution in [0.15, 0.2) is 30.3 Å². The van der Waals surface area contributed by atoms with E-state index in [1.54, 1.807) is 30.3 Å². The summed E-state index contributed by atoms with van der Waals surface area (Å²) in [6.07, 6.45) is -5.22. The van der Waals surface area contributed by atoms with Crippen LogP contribution in [0.25, 0.3) is 0 Å². The summed E-state index contributed by atoms with van der Waals surface area (Å²) in [4.78, 5) is 23.7. The summed E-state index contributed by atoms with van der Waals surface area (Å²) in [5, 5.41) is 0. The second kappa shape index (κ2) is 5.49. The molecule has 0 unspecified atom stereocenters. The molecule has 5 nitrogen and oxygen atoms in total. The summed E-state index contributed by atoms with van der Waals surface area (Å²) >= 11 is 0. The Morgan fingerprint density at radius 1 is 1.20 bits per heavy atom. The van der Waals surface area contributed by atoms with E-state index < -0.39 is 23.8 Å². The molecular weight excluding hydrogens is 277 g/mol. The van der Waals surface area contributed by atoms with Crippen molar-refractivity contribution in [3.63, 3.8) is 0 Å². The highest BCUT2D eigenvalue weighted by Gasteiger charge is 2.47. The second-order valence-corrected chi connectivity index (χ2v) is 4.19. The summed E-state index contributed by atoms with van der Waals surface area (Å²) in [6.45, 7) is 0.887. The number of carbonyl (C=O) groups excluding carboxylic acids is 2. The van der Waals surface area contributed by atoms with Crippen LogP contribution in [0, 0.1) is 0 Å². The van der Waals surface area contributed by atoms with Crippen molar-refractivity contribution < 1.29 is 27.5 Å². The van der Waals surface area contributed by atoms with Gasteiger partial charge in [-0.05, 0) is 19.1 Å². The molecule has 110 valence electrons. The Morgan fingerprint density at radius 3 is 2.15 bits per heavy atom. The lowest BCUT2D eigenvalue weighted by Gasteiger charge is -2.29. The van der Waals surface area contributed by atoms with Gasteiger partial charge in [-0.3, -0.25) is 10.5 Å². The summed E-state index contributed by atoms with van der Waals surface area (Å²) in [5.74, 6) is -3.50. The fourth-order valence-electron chi connectivity index (χ4n) is 1.40. The number of esters is 1. The molecule has 1 amide bonds. The van der Waals surface area contributed by atoms with Gasteiger partial charge in [0.1, 0.15) is 0 Å². The highest BCUT2D eigenvalue weighted by atomic mass is 19.4. The van der Waals surface area contributed by atoms with Gasteiger partial charge in [0.15, 0.2) is 0 Å². The van der Waals surface area contributed by atoms with Gasteiger partial charge in [0.25, 0.3) is 5.91 Å². The third-order valence-electron chi connectivity index (χ3n) is 2.41. The quantitative estimate of drug-likeness (QED) is 0.675. The van der Waals surface area contributed by atoms with E-state index in [-0.39, 0.29) is 0 Å². The first-order valence-corrected chi connectivity index (χ1v) is 5.48. The molecular formula is C12H13F3N2O3. The predicted octanol–water partition coefficient (Wildman–Crippen LogP) is 1.43. The molecule has 0 aliphatic rings. The number of para-hydroxylation sites is 1. The third kappa shape index (κ3) is 3.70. The van der Waals surface area contributed by atoms with Crippen molar-refractivity contribution in [2.75, 3.05) is 11.9 Å². The zero-order chi connectivity index (χ0) is 15.6. The molecule has 0 saturated heterocycles. The Kier molecular flexibility index (Phi) is 4.39. The smallest absolute Gasteiger partial charge is 0.428 e. The van der Waals surface area contributed by atoms with Gasteiger partial charge in [0.05, 0.1) is 0 Å². The first kappa shape index (κ1) is 16.0. The number of benzene rings is 1. The maximum absolute atomic E-state index is 12.1. The molecule has 20 heavy (non-hydrogen) atoms. The predicted molar refractivity (Wildman–Crippen MR) is 64.6 cm³/mol. The number of hydrogen-bond donors (Lipinski definition) is 1. The van der Waals surface area contributed by atoms with Gasteiger partial charge in [-0.2, -0.15) is 13.2 Å². The third-order valence-corrected chi connectivity index (χ3v) is 2.41. The van der Waals surface area contributed by atoms with E-state index in [0.717, 1.165) is 11.8 Å². The molecule has 0 radical (unpaired) electrons. The van der Waals surface area contributed by atoms with Crippen LogP contribution in [-0.4, -0.2) is 30.8 Å². The van der Waals surface area contributed by atoms with Gasteiger partial charge >= 0.3 is 12.1 Å². The van der Waals surface area contributed by atoms with Crippen LogP contribution in [0.4, 0.5) is 18.9 Å². The van der Waals surface area contributed by atoms with Crippen LogP contribution in [0.5, 0.6) is 0 Å². The van der Waals surface area contributed by atoms with Crippen molar-refractivity contribution in [3.05, 3.63) is 30.3 Å². The molecule has 0 heterocycles. The molecule has 8 heteroatoms. The number of nitrogens with zero attached hydrogens (tertiary/aromatic N) is 1. The minimum absolute atomic E-state index is 0.400. The zero-order valence-electron chi connectivity index (χ0n) is 10.8. The molecule has 1 rings (SSSR count). The standard InChI is InChI=1S/C12H13F3N2O3/c1-11(16,20-10(19)12(13,14)15)9(18)17(2)8-6-4-3-5-7-8/h3-7H,16H2,1-2H3/t11-/m0/s1. The maximum atomic E-state index is 12.1. The van der Waals surface area contributed by atoms with E-state index in [1.165, 1.54) is 7.05 Å². The average molecular weight is 290 g/mol. The Labute approximate surface area is 113 Å². The SMILES string of the molecule is CN(C(=O)[C@@](C)(N)OC(=O)C(F)(F)F)c1ccccc1. The summed E-state index contributed by atoms with van der Waals surface area (Å²) in [6, 6.07) is 8.08. The number of alkyl halides is 3. The molecule has 0 fully saturated rings. The molecule has 0 saturated carbocycles. The first-order chi connectivity index (χ1) is 9.05. The summed E-state index contributed by atoms with van der Waals surface area (Å²) in [5.41, 5.74) is 3.34. The number of anilines is 1. The zero-order valence-corrected chi connectivity index (χ0v) is 10.8. The van der Waals surface area contributed by atoms with Crippen LogP contribution in [0.2, 0.25) is 0 Å². The lowest BCUT2D eigenvalue weighted by Crippen LogP contribution is -2.56. The van der Waals surface area contributed by atoms with E-state index in [1.807, 2.05) is 0 Å². The number of rotatable bonds is 3. The minimum Gasteiger partial charge on any atom is -0.428 e. The number of ether oxygens (including phenoxy) is 1. The lowest BCUT2D eigenvalue weighted by atomic mass is 10.2. The van der Waals surface area contributed by atoms with E-state index >= 15 is 0 Å². The van der Waals surface area contributed by atoms with Crippen LogP contribution in [0.3, 0.4) is 0 Å². The highest BCUT2D eigenvalue weighted by Crippen LogP contribution is 2.21. The Bertz CT molecular complexity index is 500. The van der Waals surface area contributed by atoms with Gasteiger partial charge in [0, 0.05) is 12.7 Å². The number of hydrogen-bond acceptors (Lipinski definition) is 4. The van der Waals surface area contributed by atoms with Crippen molar-refractivity contribution in [2.45, 2.75) is 18.8 Å². The lowest BCUT2D eigenvalue weighted by molar-refractivity contribution is -0.212. The van der Waals surface area contributed by atoms with Gasteiger partial charge in [0.2, 0.25) is 5.72 Å². The molecule has 2 N–H and O–H groups in total. The van der Waals surface area contributed by atoms with Crippen molar-refractivity contribution in [1.29, 1.82) is 0 Å². The second-order valence-electron chi connectivity index (χ2n) is 4.19. The maximum Gasteiger partial charge on any atom is 0.491 e. The molecule has 0 aliphatic carbocycles. The normalized spacial score (nSPS) is 14.3. The van der Waals surface area contributed by atoms with Crippen LogP contribution in [-0.2, 0) is 14.3 Å². The monoisotopic (exact) mass is 290 g/mol. The molecule has 1 aromatic carbocycles. The number of carbonyl (C=O) groups is 2. The van der Waals surface area contributed by atoms with Gasteiger partial charge in [-0.25, -0.2) is 4.79 Å². The summed E-state index contributed by atoms with van der Waals surface area (Å²) in [7, 11) is 1.31. The minimum atomic E-state index is -5.22. The fourth-order valence-corrected chi connectivity index (χ4v) is 1.40. The topological polar surface area (TPSA) is 72.6 Å². The van der Waals surface area contributed by atoms with Crippen molar-refractivity contribution in [2.24, 2.45) is 5.73 Å². The van der Waals surface area contributed by atoms with Gasteiger partial charge in [-0.1, -0.05) is 18.2 Å². The van der Waals surface area contributed by atoms with E-state index in [4.69, 9.17) is 5.73 Å². The Morgan fingerprint density at radius 2 is 1.70 bits per heavy atom. The van der Waals surface area contributed by atoms with E-state index in [0.29, 0.717) is 5.69 Å². The van der Waals surface area contributed by atoms with Crippen molar-refractivity contribution in [1.82, 2.24) is 0 Å². The highest BCUT2D eigenvalue weighted by molar-refractivity contribution is 5.99. The van der Waals surface area contributed by atoms with E-state index in [9.17, 15) is 22.8 Å². The molecule has 0 bridgehead atoms. The van der Waals surface area contributed by atoms with E-state index in [2.05, 4.69) is 4.74 Å². The Balaban J connectivity index is 2.87. The molecule has 1 atom stereocenters. The number of amides is 1. The number of likely N-dealkylation sites (N-methyl/N-ethyl adjacent to an activating group) is 1. The molecule has 0 spiro atoms. The van der Waals surface area contributed by atoms with Gasteiger partial charge in [-0.15, -0.1) is 0 Å². The van der Waals surface area contributed by atoms with Gasteiger partial charge < -0.3 is 9.64 Å². The number of nitrogens with two attached hydrogens (primary N) is 1. The van der Waals surface area contributed by atoms with Crippen LogP contribution < -0.4 is 10.6 Å². The number of halogens is 3.